The molecule has 1 aliphatic heterocycles. The van der Waals surface area contributed by atoms with Crippen molar-refractivity contribution in [3.05, 3.63) is 81.9 Å². The Balaban J connectivity index is 1.91. The van der Waals surface area contributed by atoms with Crippen LogP contribution in [0.5, 0.6) is 5.75 Å². The Labute approximate surface area is 274 Å². The highest BCUT2D eigenvalue weighted by molar-refractivity contribution is 6.37. The Morgan fingerprint density at radius 3 is 2.31 bits per heavy atom. The molecular weight excluding hydrogens is 619 g/mol. The Hall–Kier alpha value is -3.82. The first-order valence-corrected chi connectivity index (χ1v) is 15.7. The van der Waals surface area contributed by atoms with E-state index in [2.05, 4.69) is 10.6 Å². The van der Waals surface area contributed by atoms with Crippen LogP contribution in [0, 0.1) is 17.8 Å². The molecule has 0 aliphatic carbocycles. The van der Waals surface area contributed by atoms with Gasteiger partial charge in [0.25, 0.3) is 0 Å². The van der Waals surface area contributed by atoms with E-state index in [1.54, 1.807) is 13.0 Å². The van der Waals surface area contributed by atoms with Crippen LogP contribution < -0.4 is 10.6 Å². The molecular formula is C34H40Cl2N2O7. The number of aromatic hydroxyl groups is 1. The Bertz CT molecular complexity index is 1390. The standard InChI is InChI=1S/C34H40Cl2N2O7/c1-20(2)15-29-34(43)44-28(21(3)13-14-23-9-6-5-7-10-23)11-8-12-30(39)38-27(32(41)37-19-22(4)33(42)45-29)18-24-16-25(35)31(40)26(36)17-24/h5-10,12-14,16-17,20-22,27-29,40H,11,15,18-19H2,1-4H3,(H,37,41)(H,38,39)/b12-8+,14-13+/t21-,22-,27-,28?,29?/m1/s1. The number of nitrogens with one attached hydrogen (secondary N) is 2. The van der Waals surface area contributed by atoms with Crippen LogP contribution in [-0.2, 0) is 35.1 Å². The number of carbonyl (C=O) groups is 4. The summed E-state index contributed by atoms with van der Waals surface area (Å²) in [7, 11) is 0. The SMILES string of the molecule is CC(C)CC1OC(=O)[C@H](C)CNC(=O)[C@@H](Cc2cc(Cl)c(O)c(Cl)c2)NC(=O)/C=C/CC([C@H](C)/C=C/c2ccccc2)OC1=O. The van der Waals surface area contributed by atoms with E-state index in [0.29, 0.717) is 5.56 Å². The first-order chi connectivity index (χ1) is 21.3. The maximum absolute atomic E-state index is 13.4. The number of esters is 2. The second-order valence-electron chi connectivity index (χ2n) is 11.6. The van der Waals surface area contributed by atoms with Gasteiger partial charge in [-0.3, -0.25) is 14.4 Å². The maximum atomic E-state index is 13.4. The quantitative estimate of drug-likeness (QED) is 0.327. The molecule has 5 atom stereocenters. The zero-order chi connectivity index (χ0) is 33.1. The van der Waals surface area contributed by atoms with Gasteiger partial charge in [0.05, 0.1) is 16.0 Å². The van der Waals surface area contributed by atoms with Crippen LogP contribution in [0.25, 0.3) is 6.08 Å². The molecule has 0 saturated carbocycles. The molecule has 1 aliphatic rings. The van der Waals surface area contributed by atoms with Gasteiger partial charge in [-0.2, -0.15) is 0 Å². The molecule has 0 spiro atoms. The van der Waals surface area contributed by atoms with Crippen LogP contribution in [0.3, 0.4) is 0 Å². The molecule has 0 fully saturated rings. The number of carbonyl (C=O) groups excluding carboxylic acids is 4. The number of cyclic esters (lactones) is 2. The predicted octanol–water partition coefficient (Wildman–Crippen LogP) is 5.66. The van der Waals surface area contributed by atoms with E-state index in [9.17, 15) is 24.3 Å². The number of halogens is 2. The molecule has 2 aromatic carbocycles. The summed E-state index contributed by atoms with van der Waals surface area (Å²) < 4.78 is 11.6. The zero-order valence-corrected chi connectivity index (χ0v) is 27.3. The van der Waals surface area contributed by atoms with Gasteiger partial charge >= 0.3 is 11.9 Å². The van der Waals surface area contributed by atoms with Crippen molar-refractivity contribution < 1.29 is 33.8 Å². The van der Waals surface area contributed by atoms with Crippen LogP contribution in [0.2, 0.25) is 10.0 Å². The number of rotatable bonds is 7. The number of benzene rings is 2. The van der Waals surface area contributed by atoms with Crippen LogP contribution >= 0.6 is 23.2 Å². The van der Waals surface area contributed by atoms with Gasteiger partial charge in [0.1, 0.15) is 12.1 Å². The molecule has 11 heteroatoms. The summed E-state index contributed by atoms with van der Waals surface area (Å²) in [6.45, 7) is 7.16. The summed E-state index contributed by atoms with van der Waals surface area (Å²) in [5.41, 5.74) is 1.47. The molecule has 0 radical (unpaired) electrons. The van der Waals surface area contributed by atoms with E-state index in [0.717, 1.165) is 5.56 Å². The Kier molecular flexibility index (Phi) is 13.5. The van der Waals surface area contributed by atoms with Gasteiger partial charge in [0, 0.05) is 25.3 Å². The third-order valence-electron chi connectivity index (χ3n) is 7.22. The van der Waals surface area contributed by atoms with E-state index in [1.807, 2.05) is 63.3 Å². The molecule has 2 unspecified atom stereocenters. The van der Waals surface area contributed by atoms with Gasteiger partial charge in [-0.05, 0) is 41.7 Å². The zero-order valence-electron chi connectivity index (χ0n) is 25.8. The minimum absolute atomic E-state index is 0.000629. The first-order valence-electron chi connectivity index (χ1n) is 14.9. The topological polar surface area (TPSA) is 131 Å². The summed E-state index contributed by atoms with van der Waals surface area (Å²) in [6.07, 6.45) is 5.31. The molecule has 0 bridgehead atoms. The maximum Gasteiger partial charge on any atom is 0.347 e. The normalized spacial score (nSPS) is 23.6. The van der Waals surface area contributed by atoms with Crippen molar-refractivity contribution in [1.29, 1.82) is 0 Å². The third-order valence-corrected chi connectivity index (χ3v) is 7.80. The van der Waals surface area contributed by atoms with Crippen LogP contribution in [0.15, 0.2) is 60.7 Å². The van der Waals surface area contributed by atoms with E-state index in [-0.39, 0.29) is 53.4 Å². The van der Waals surface area contributed by atoms with Crippen molar-refractivity contribution in [2.75, 3.05) is 6.54 Å². The number of amides is 2. The number of ether oxygens (including phenoxy) is 2. The summed E-state index contributed by atoms with van der Waals surface area (Å²) in [6, 6.07) is 11.5. The summed E-state index contributed by atoms with van der Waals surface area (Å²) in [5.74, 6) is -3.79. The van der Waals surface area contributed by atoms with Gasteiger partial charge in [0.2, 0.25) is 11.8 Å². The fraction of sp³-hybridized carbons (Fsp3) is 0.412. The average molecular weight is 660 g/mol. The second-order valence-corrected chi connectivity index (χ2v) is 12.4. The van der Waals surface area contributed by atoms with E-state index in [4.69, 9.17) is 32.7 Å². The number of hydrogen-bond donors (Lipinski definition) is 3. The molecule has 0 aromatic heterocycles. The van der Waals surface area contributed by atoms with E-state index < -0.39 is 47.9 Å². The van der Waals surface area contributed by atoms with E-state index >= 15 is 0 Å². The molecule has 9 nitrogen and oxygen atoms in total. The fourth-order valence-corrected chi connectivity index (χ4v) is 5.13. The molecule has 242 valence electrons. The fourth-order valence-electron chi connectivity index (χ4n) is 4.59. The van der Waals surface area contributed by atoms with E-state index in [1.165, 1.54) is 18.2 Å². The van der Waals surface area contributed by atoms with Crippen molar-refractivity contribution in [1.82, 2.24) is 10.6 Å². The lowest BCUT2D eigenvalue weighted by atomic mass is 9.99. The molecule has 2 aromatic rings. The second kappa shape index (κ2) is 17.0. The smallest absolute Gasteiger partial charge is 0.347 e. The summed E-state index contributed by atoms with van der Waals surface area (Å²) in [5, 5.41) is 15.3. The van der Waals surface area contributed by atoms with Gasteiger partial charge < -0.3 is 25.2 Å². The first kappa shape index (κ1) is 35.7. The lowest BCUT2D eigenvalue weighted by Crippen LogP contribution is -2.49. The average Bonchev–Trinajstić information content (AvgIpc) is 2.99. The minimum Gasteiger partial charge on any atom is -0.505 e. The molecule has 45 heavy (non-hydrogen) atoms. The van der Waals surface area contributed by atoms with Gasteiger partial charge in [-0.1, -0.05) is 99.5 Å². The van der Waals surface area contributed by atoms with Crippen LogP contribution in [-0.4, -0.2) is 53.7 Å². The number of hydrogen-bond acceptors (Lipinski definition) is 7. The number of phenols is 1. The van der Waals surface area contributed by atoms with Crippen LogP contribution in [0.1, 0.15) is 51.7 Å². The highest BCUT2D eigenvalue weighted by atomic mass is 35.5. The molecule has 3 rings (SSSR count). The minimum atomic E-state index is -1.14. The monoisotopic (exact) mass is 658 g/mol. The molecule has 3 N–H and O–H groups in total. The van der Waals surface area contributed by atoms with Crippen molar-refractivity contribution in [2.45, 2.75) is 65.2 Å². The summed E-state index contributed by atoms with van der Waals surface area (Å²) in [4.78, 5) is 52.6. The highest BCUT2D eigenvalue weighted by Crippen LogP contribution is 2.33. The Morgan fingerprint density at radius 2 is 1.67 bits per heavy atom. The Morgan fingerprint density at radius 1 is 1.00 bits per heavy atom. The number of phenolic OH excluding ortho intramolecular Hbond substituents is 1. The third kappa shape index (κ3) is 11.2. The molecule has 0 saturated heterocycles. The highest BCUT2D eigenvalue weighted by Gasteiger charge is 2.32. The van der Waals surface area contributed by atoms with Crippen molar-refractivity contribution in [2.24, 2.45) is 17.8 Å². The van der Waals surface area contributed by atoms with Crippen LogP contribution in [0.4, 0.5) is 0 Å². The lowest BCUT2D eigenvalue weighted by molar-refractivity contribution is -0.175. The molecule has 1 heterocycles. The van der Waals surface area contributed by atoms with Gasteiger partial charge in [-0.15, -0.1) is 0 Å². The largest absolute Gasteiger partial charge is 0.505 e. The van der Waals surface area contributed by atoms with Crippen molar-refractivity contribution >= 4 is 53.0 Å². The molecule has 2 amide bonds. The lowest BCUT2D eigenvalue weighted by Gasteiger charge is -2.26. The van der Waals surface area contributed by atoms with Crippen molar-refractivity contribution in [3.8, 4) is 5.75 Å². The van der Waals surface area contributed by atoms with Gasteiger partial charge in [-0.25, -0.2) is 4.79 Å². The predicted molar refractivity (Wildman–Crippen MR) is 174 cm³/mol. The van der Waals surface area contributed by atoms with Crippen molar-refractivity contribution in [3.63, 3.8) is 0 Å². The summed E-state index contributed by atoms with van der Waals surface area (Å²) >= 11 is 12.1. The van der Waals surface area contributed by atoms with Gasteiger partial charge in [0.15, 0.2) is 11.9 Å².